The molecule has 0 radical (unpaired) electrons. The predicted octanol–water partition coefficient (Wildman–Crippen LogP) is 4.53. The fraction of sp³-hybridized carbons (Fsp3) is 0.400. The quantitative estimate of drug-likeness (QED) is 0.439. The van der Waals surface area contributed by atoms with Gasteiger partial charge in [-0.2, -0.15) is 0 Å². The third kappa shape index (κ3) is 6.28. The predicted molar refractivity (Wildman–Crippen MR) is 117 cm³/mol. The van der Waals surface area contributed by atoms with Gasteiger partial charge in [0.05, 0.1) is 6.04 Å². The van der Waals surface area contributed by atoms with Crippen LogP contribution in [0.15, 0.2) is 54.6 Å². The van der Waals surface area contributed by atoms with Gasteiger partial charge in [0.2, 0.25) is 5.91 Å². The lowest BCUT2D eigenvalue weighted by Gasteiger charge is -2.22. The van der Waals surface area contributed by atoms with Crippen LogP contribution in [-0.4, -0.2) is 40.3 Å². The molecule has 2 aromatic carbocycles. The lowest BCUT2D eigenvalue weighted by Crippen LogP contribution is -2.32. The summed E-state index contributed by atoms with van der Waals surface area (Å²) in [5.74, 6) is -0.585. The molecular formula is C25H29NO4. The summed E-state index contributed by atoms with van der Waals surface area (Å²) in [5.41, 5.74) is 0.990. The topological polar surface area (TPSA) is 74.7 Å². The number of fused-ring (bicyclic) bond motifs is 1. The highest BCUT2D eigenvalue weighted by molar-refractivity contribution is 5.93. The molecule has 0 spiro atoms. The number of carboxylic acids is 1. The second kappa shape index (κ2) is 10.7. The second-order valence-corrected chi connectivity index (χ2v) is 7.93. The summed E-state index contributed by atoms with van der Waals surface area (Å²) >= 11 is 0. The first kappa shape index (κ1) is 21.8. The number of allylic oxidation sites excluding steroid dienone is 1. The highest BCUT2D eigenvalue weighted by Crippen LogP contribution is 2.21. The number of aliphatic carboxylic acids is 1. The van der Waals surface area contributed by atoms with Crippen molar-refractivity contribution in [3.8, 4) is 0 Å². The van der Waals surface area contributed by atoms with Gasteiger partial charge >= 0.3 is 5.97 Å². The lowest BCUT2D eigenvalue weighted by molar-refractivity contribution is -0.137. The molecule has 1 heterocycles. The summed E-state index contributed by atoms with van der Waals surface area (Å²) in [7, 11) is 0. The van der Waals surface area contributed by atoms with Crippen molar-refractivity contribution in [2.24, 2.45) is 0 Å². The van der Waals surface area contributed by atoms with E-state index in [4.69, 9.17) is 5.11 Å². The maximum atomic E-state index is 12.4. The molecule has 0 unspecified atom stereocenters. The Hall–Kier alpha value is -2.95. The zero-order valence-corrected chi connectivity index (χ0v) is 17.3. The fourth-order valence-electron chi connectivity index (χ4n) is 3.99. The molecule has 5 heteroatoms. The number of hydrogen-bond acceptors (Lipinski definition) is 3. The lowest BCUT2D eigenvalue weighted by atomic mass is 10.0. The first-order valence-electron chi connectivity index (χ1n) is 10.7. The summed E-state index contributed by atoms with van der Waals surface area (Å²) in [5, 5.41) is 11.0. The van der Waals surface area contributed by atoms with Gasteiger partial charge in [0.1, 0.15) is 0 Å². The van der Waals surface area contributed by atoms with Crippen molar-refractivity contribution in [1.82, 2.24) is 4.90 Å². The monoisotopic (exact) mass is 407 g/mol. The number of hydrogen-bond donors (Lipinski definition) is 1. The number of nitrogens with zero attached hydrogens (tertiary/aromatic N) is 1. The Kier molecular flexibility index (Phi) is 7.77. The maximum Gasteiger partial charge on any atom is 0.303 e. The van der Waals surface area contributed by atoms with Crippen LogP contribution in [0.25, 0.3) is 10.8 Å². The van der Waals surface area contributed by atoms with Crippen LogP contribution in [0.2, 0.25) is 0 Å². The summed E-state index contributed by atoms with van der Waals surface area (Å²) in [6.45, 7) is 0.666. The van der Waals surface area contributed by atoms with Crippen molar-refractivity contribution in [3.05, 3.63) is 60.2 Å². The highest BCUT2D eigenvalue weighted by Gasteiger charge is 2.28. The standard InChI is InChI=1S/C25H29NO4/c27-23(18-19-10-11-20-7-4-5-8-21(20)17-19)14-12-22-13-15-24(28)26(22)16-6-2-1-3-9-25(29)30/h4-5,7-8,10-12,14,17,22H,1-3,6,9,13,15-16,18H2,(H,29,30)/t22-/m0/s1. The summed E-state index contributed by atoms with van der Waals surface area (Å²) in [6.07, 6.45) is 8.63. The van der Waals surface area contributed by atoms with Gasteiger partial charge in [-0.25, -0.2) is 0 Å². The average Bonchev–Trinajstić information content (AvgIpc) is 3.08. The van der Waals surface area contributed by atoms with Crippen molar-refractivity contribution in [1.29, 1.82) is 0 Å². The van der Waals surface area contributed by atoms with E-state index in [1.165, 1.54) is 0 Å². The third-order valence-electron chi connectivity index (χ3n) is 5.61. The first-order valence-corrected chi connectivity index (χ1v) is 10.7. The molecule has 0 saturated carbocycles. The molecule has 0 aliphatic carbocycles. The Labute approximate surface area is 177 Å². The van der Waals surface area contributed by atoms with Gasteiger partial charge < -0.3 is 10.0 Å². The van der Waals surface area contributed by atoms with Gasteiger partial charge in [0.15, 0.2) is 5.78 Å². The van der Waals surface area contributed by atoms with Crippen molar-refractivity contribution < 1.29 is 19.5 Å². The van der Waals surface area contributed by atoms with Crippen LogP contribution >= 0.6 is 0 Å². The van der Waals surface area contributed by atoms with Crippen molar-refractivity contribution in [2.75, 3.05) is 6.54 Å². The Morgan fingerprint density at radius 1 is 1.03 bits per heavy atom. The van der Waals surface area contributed by atoms with E-state index in [1.54, 1.807) is 6.08 Å². The molecule has 1 amide bonds. The Bertz CT molecular complexity index is 934. The minimum atomic E-state index is -0.761. The van der Waals surface area contributed by atoms with Crippen LogP contribution in [0.4, 0.5) is 0 Å². The Balaban J connectivity index is 1.48. The van der Waals surface area contributed by atoms with Gasteiger partial charge in [-0.3, -0.25) is 14.4 Å². The number of rotatable bonds is 11. The molecule has 1 fully saturated rings. The minimum Gasteiger partial charge on any atom is -0.481 e. The molecule has 1 saturated heterocycles. The zero-order valence-electron chi connectivity index (χ0n) is 17.3. The molecule has 1 atom stereocenters. The maximum absolute atomic E-state index is 12.4. The number of amides is 1. The van der Waals surface area contributed by atoms with E-state index in [9.17, 15) is 14.4 Å². The number of carbonyl (C=O) groups is 3. The number of carboxylic acid groups (broad SMARTS) is 1. The number of ketones is 1. The van der Waals surface area contributed by atoms with Gasteiger partial charge in [0.25, 0.3) is 0 Å². The van der Waals surface area contributed by atoms with E-state index in [0.717, 1.165) is 42.0 Å². The molecule has 0 aromatic heterocycles. The van der Waals surface area contributed by atoms with E-state index in [1.807, 2.05) is 41.3 Å². The molecule has 2 aromatic rings. The average molecular weight is 408 g/mol. The van der Waals surface area contributed by atoms with Crippen LogP contribution in [0, 0.1) is 0 Å². The molecule has 30 heavy (non-hydrogen) atoms. The van der Waals surface area contributed by atoms with E-state index in [0.29, 0.717) is 25.8 Å². The summed E-state index contributed by atoms with van der Waals surface area (Å²) in [4.78, 5) is 37.0. The molecule has 1 N–H and O–H groups in total. The van der Waals surface area contributed by atoms with Gasteiger partial charge in [-0.05, 0) is 41.7 Å². The number of unbranched alkanes of at least 4 members (excludes halogenated alkanes) is 3. The summed E-state index contributed by atoms with van der Waals surface area (Å²) in [6, 6.07) is 14.2. The molecule has 1 aliphatic rings. The number of benzene rings is 2. The van der Waals surface area contributed by atoms with E-state index in [2.05, 4.69) is 12.1 Å². The fourth-order valence-corrected chi connectivity index (χ4v) is 3.99. The van der Waals surface area contributed by atoms with Gasteiger partial charge in [-0.1, -0.05) is 61.4 Å². The smallest absolute Gasteiger partial charge is 0.303 e. The molecule has 3 rings (SSSR count). The Morgan fingerprint density at radius 3 is 2.60 bits per heavy atom. The van der Waals surface area contributed by atoms with Crippen LogP contribution in [0.3, 0.4) is 0 Å². The zero-order chi connectivity index (χ0) is 21.3. The summed E-state index contributed by atoms with van der Waals surface area (Å²) < 4.78 is 0. The molecular weight excluding hydrogens is 378 g/mol. The van der Waals surface area contributed by atoms with E-state index in [-0.39, 0.29) is 24.2 Å². The number of carbonyl (C=O) groups excluding carboxylic acids is 2. The number of likely N-dealkylation sites (tertiary alicyclic amines) is 1. The SMILES string of the molecule is O=C(O)CCCCCCN1C(=O)CC[C@@H]1C=CC(=O)Cc1ccc2ccccc2c1. The van der Waals surface area contributed by atoms with Crippen LogP contribution in [0.1, 0.15) is 50.5 Å². The van der Waals surface area contributed by atoms with E-state index < -0.39 is 5.97 Å². The van der Waals surface area contributed by atoms with Crippen LogP contribution < -0.4 is 0 Å². The van der Waals surface area contributed by atoms with Crippen LogP contribution in [0.5, 0.6) is 0 Å². The normalized spacial score (nSPS) is 16.6. The minimum absolute atomic E-state index is 0.0166. The molecule has 5 nitrogen and oxygen atoms in total. The second-order valence-electron chi connectivity index (χ2n) is 7.93. The first-order chi connectivity index (χ1) is 14.5. The third-order valence-corrected chi connectivity index (χ3v) is 5.61. The highest BCUT2D eigenvalue weighted by atomic mass is 16.4. The molecule has 1 aliphatic heterocycles. The van der Waals surface area contributed by atoms with Crippen molar-refractivity contribution in [3.63, 3.8) is 0 Å². The Morgan fingerprint density at radius 2 is 1.80 bits per heavy atom. The molecule has 158 valence electrons. The van der Waals surface area contributed by atoms with Crippen molar-refractivity contribution >= 4 is 28.4 Å². The largest absolute Gasteiger partial charge is 0.481 e. The van der Waals surface area contributed by atoms with Gasteiger partial charge in [-0.15, -0.1) is 0 Å². The van der Waals surface area contributed by atoms with Crippen LogP contribution in [-0.2, 0) is 20.8 Å². The van der Waals surface area contributed by atoms with E-state index >= 15 is 0 Å². The van der Waals surface area contributed by atoms with Crippen molar-refractivity contribution in [2.45, 2.75) is 57.4 Å². The molecule has 0 bridgehead atoms. The van der Waals surface area contributed by atoms with Gasteiger partial charge in [0, 0.05) is 25.8 Å².